The molecule has 0 saturated heterocycles. The fraction of sp³-hybridized carbons (Fsp3) is 0.923. The molecule has 2 amide bonds. The first-order valence-electron chi connectivity index (χ1n) is 12.9. The molecular formula is C26H56N2O3. The Balaban J connectivity index is -0.00000184. The maximum atomic E-state index is 12.9. The summed E-state index contributed by atoms with van der Waals surface area (Å²) in [5.74, 6) is 0.625. The predicted octanol–water partition coefficient (Wildman–Crippen LogP) is 6.50. The third-order valence-corrected chi connectivity index (χ3v) is 5.83. The number of hydrogen-bond donors (Lipinski definition) is 2. The van der Waals surface area contributed by atoms with Crippen molar-refractivity contribution < 1.29 is 14.3 Å². The minimum Gasteiger partial charge on any atom is -0.374 e. The maximum absolute atomic E-state index is 12.9. The third kappa shape index (κ3) is 13.8. The molecule has 0 aromatic rings. The van der Waals surface area contributed by atoms with Gasteiger partial charge in [0.1, 0.15) is 0 Å². The highest BCUT2D eigenvalue weighted by Gasteiger charge is 2.38. The van der Waals surface area contributed by atoms with Crippen molar-refractivity contribution in [1.29, 1.82) is 0 Å². The lowest BCUT2D eigenvalue weighted by atomic mass is 9.81. The monoisotopic (exact) mass is 444 g/mol. The van der Waals surface area contributed by atoms with Crippen LogP contribution in [0.3, 0.4) is 0 Å². The Morgan fingerprint density at radius 3 is 1.74 bits per heavy atom. The Labute approximate surface area is 194 Å². The summed E-state index contributed by atoms with van der Waals surface area (Å²) < 4.78 is 6.43. The van der Waals surface area contributed by atoms with Crippen LogP contribution in [0.4, 0.5) is 0 Å². The van der Waals surface area contributed by atoms with E-state index in [1.54, 1.807) is 0 Å². The van der Waals surface area contributed by atoms with Gasteiger partial charge in [-0.05, 0) is 44.4 Å². The fourth-order valence-electron chi connectivity index (χ4n) is 3.24. The summed E-state index contributed by atoms with van der Waals surface area (Å²) in [6, 6.07) is 0. The number of amides is 2. The van der Waals surface area contributed by atoms with E-state index >= 15 is 0 Å². The molecule has 5 nitrogen and oxygen atoms in total. The standard InChI is InChI=1S/C22H44N2O3.2C2H6/c1-8-13-19(25)23-15-14-22(11-4,12-5)27-17-21(9-2,10-3)20(26)24-16-18(6)7;2*1-2/h18H,8-17H2,1-7H3,(H,23,25)(H,24,26);2*1-2H3. The Hall–Kier alpha value is -1.10. The molecule has 0 aliphatic carbocycles. The minimum absolute atomic E-state index is 0.0959. The van der Waals surface area contributed by atoms with Crippen LogP contribution in [-0.2, 0) is 14.3 Å². The molecule has 0 aromatic carbocycles. The molecule has 5 heteroatoms. The van der Waals surface area contributed by atoms with E-state index in [0.717, 1.165) is 38.5 Å². The zero-order valence-electron chi connectivity index (χ0n) is 22.9. The first kappa shape index (κ1) is 34.5. The Morgan fingerprint density at radius 1 is 0.839 bits per heavy atom. The van der Waals surface area contributed by atoms with Gasteiger partial charge >= 0.3 is 0 Å². The van der Waals surface area contributed by atoms with Crippen LogP contribution in [0.5, 0.6) is 0 Å². The van der Waals surface area contributed by atoms with Crippen LogP contribution in [0.15, 0.2) is 0 Å². The van der Waals surface area contributed by atoms with E-state index in [2.05, 4.69) is 52.2 Å². The van der Waals surface area contributed by atoms with Gasteiger partial charge in [0.25, 0.3) is 0 Å². The first-order valence-corrected chi connectivity index (χ1v) is 12.9. The van der Waals surface area contributed by atoms with E-state index in [1.807, 2.05) is 34.6 Å². The second-order valence-electron chi connectivity index (χ2n) is 8.12. The number of rotatable bonds is 15. The molecule has 0 atom stereocenters. The lowest BCUT2D eigenvalue weighted by Crippen LogP contribution is -2.47. The van der Waals surface area contributed by atoms with Gasteiger partial charge in [-0.25, -0.2) is 0 Å². The number of carbonyl (C=O) groups excluding carboxylic acids is 2. The zero-order chi connectivity index (χ0) is 24.9. The van der Waals surface area contributed by atoms with E-state index < -0.39 is 5.41 Å². The van der Waals surface area contributed by atoms with Crippen molar-refractivity contribution in [2.45, 2.75) is 127 Å². The average Bonchev–Trinajstić information content (AvgIpc) is 2.80. The van der Waals surface area contributed by atoms with E-state index in [4.69, 9.17) is 4.74 Å². The molecule has 0 fully saturated rings. The summed E-state index contributed by atoms with van der Waals surface area (Å²) in [6.45, 7) is 24.3. The van der Waals surface area contributed by atoms with Crippen LogP contribution in [0.2, 0.25) is 0 Å². The van der Waals surface area contributed by atoms with Crippen LogP contribution in [-0.4, -0.2) is 37.1 Å². The van der Waals surface area contributed by atoms with Crippen LogP contribution in [0.25, 0.3) is 0 Å². The largest absolute Gasteiger partial charge is 0.374 e. The first-order chi connectivity index (χ1) is 14.7. The van der Waals surface area contributed by atoms with Crippen molar-refractivity contribution >= 4 is 11.8 Å². The molecule has 188 valence electrons. The molecule has 2 N–H and O–H groups in total. The molecule has 0 aromatic heterocycles. The second kappa shape index (κ2) is 20.8. The Kier molecular flexibility index (Phi) is 23.1. The summed E-state index contributed by atoms with van der Waals surface area (Å²) >= 11 is 0. The molecule has 0 aliphatic rings. The topological polar surface area (TPSA) is 67.4 Å². The van der Waals surface area contributed by atoms with E-state index in [1.165, 1.54) is 0 Å². The molecule has 0 rings (SSSR count). The van der Waals surface area contributed by atoms with Gasteiger partial charge in [-0.1, -0.05) is 76.2 Å². The molecule has 31 heavy (non-hydrogen) atoms. The number of carbonyl (C=O) groups is 2. The highest BCUT2D eigenvalue weighted by atomic mass is 16.5. The molecule has 0 unspecified atom stereocenters. The molecule has 0 spiro atoms. The summed E-state index contributed by atoms with van der Waals surface area (Å²) in [5, 5.41) is 6.08. The second-order valence-corrected chi connectivity index (χ2v) is 8.12. The smallest absolute Gasteiger partial charge is 0.228 e. The molecule has 0 bridgehead atoms. The SMILES string of the molecule is CC.CC.CCCC(=O)NCCC(CC)(CC)OCC(CC)(CC)C(=O)NCC(C)C. The van der Waals surface area contributed by atoms with Gasteiger partial charge in [0, 0.05) is 19.5 Å². The van der Waals surface area contributed by atoms with Gasteiger partial charge in [-0.3, -0.25) is 9.59 Å². The van der Waals surface area contributed by atoms with Crippen molar-refractivity contribution in [2.75, 3.05) is 19.7 Å². The summed E-state index contributed by atoms with van der Waals surface area (Å²) in [5.41, 5.74) is -0.788. The molecule has 0 radical (unpaired) electrons. The van der Waals surface area contributed by atoms with Crippen molar-refractivity contribution in [3.63, 3.8) is 0 Å². The van der Waals surface area contributed by atoms with Crippen LogP contribution in [0.1, 0.15) is 121 Å². The Bertz CT molecular complexity index is 428. The van der Waals surface area contributed by atoms with Gasteiger partial charge < -0.3 is 15.4 Å². The van der Waals surface area contributed by atoms with E-state index in [-0.39, 0.29) is 17.4 Å². The van der Waals surface area contributed by atoms with E-state index in [0.29, 0.717) is 32.0 Å². The summed E-state index contributed by atoms with van der Waals surface area (Å²) in [4.78, 5) is 24.6. The predicted molar refractivity (Wildman–Crippen MR) is 135 cm³/mol. The number of hydrogen-bond acceptors (Lipinski definition) is 3. The lowest BCUT2D eigenvalue weighted by molar-refractivity contribution is -0.144. The molecule has 0 heterocycles. The van der Waals surface area contributed by atoms with Crippen molar-refractivity contribution in [1.82, 2.24) is 10.6 Å². The van der Waals surface area contributed by atoms with Crippen molar-refractivity contribution in [2.24, 2.45) is 11.3 Å². The van der Waals surface area contributed by atoms with Crippen molar-refractivity contribution in [3.8, 4) is 0 Å². The van der Waals surface area contributed by atoms with Crippen molar-refractivity contribution in [3.05, 3.63) is 0 Å². The van der Waals surface area contributed by atoms with E-state index in [9.17, 15) is 9.59 Å². The number of ether oxygens (including phenoxy) is 1. The fourth-order valence-corrected chi connectivity index (χ4v) is 3.24. The Morgan fingerprint density at radius 2 is 1.35 bits per heavy atom. The van der Waals surface area contributed by atoms with Gasteiger partial charge in [-0.2, -0.15) is 0 Å². The number of nitrogens with one attached hydrogen (secondary N) is 2. The van der Waals surface area contributed by atoms with Gasteiger partial charge in [0.15, 0.2) is 0 Å². The van der Waals surface area contributed by atoms with Crippen LogP contribution in [0, 0.1) is 11.3 Å². The molecule has 0 saturated carbocycles. The molecular weight excluding hydrogens is 388 g/mol. The quantitative estimate of drug-likeness (QED) is 0.303. The third-order valence-electron chi connectivity index (χ3n) is 5.83. The zero-order valence-corrected chi connectivity index (χ0v) is 22.9. The highest BCUT2D eigenvalue weighted by molar-refractivity contribution is 5.82. The van der Waals surface area contributed by atoms with Crippen LogP contribution < -0.4 is 10.6 Å². The minimum atomic E-state index is -0.490. The lowest BCUT2D eigenvalue weighted by Gasteiger charge is -2.38. The normalized spacial score (nSPS) is 11.1. The summed E-state index contributed by atoms with van der Waals surface area (Å²) in [6.07, 6.45) is 5.43. The van der Waals surface area contributed by atoms with Gasteiger partial charge in [-0.15, -0.1) is 0 Å². The molecule has 0 aliphatic heterocycles. The average molecular weight is 445 g/mol. The maximum Gasteiger partial charge on any atom is 0.228 e. The van der Waals surface area contributed by atoms with Gasteiger partial charge in [0.2, 0.25) is 11.8 Å². The summed E-state index contributed by atoms with van der Waals surface area (Å²) in [7, 11) is 0. The van der Waals surface area contributed by atoms with Crippen LogP contribution >= 0.6 is 0 Å². The highest BCUT2D eigenvalue weighted by Crippen LogP contribution is 2.32. The van der Waals surface area contributed by atoms with Gasteiger partial charge in [0.05, 0.1) is 17.6 Å².